The molecule has 1 aromatic carbocycles. The molecule has 0 aromatic heterocycles. The Morgan fingerprint density at radius 2 is 1.59 bits per heavy atom. The van der Waals surface area contributed by atoms with Gasteiger partial charge in [0.05, 0.1) is 6.04 Å². The van der Waals surface area contributed by atoms with Crippen molar-refractivity contribution in [2.45, 2.75) is 51.2 Å². The van der Waals surface area contributed by atoms with Crippen LogP contribution in [-0.2, 0) is 25.6 Å². The van der Waals surface area contributed by atoms with E-state index < -0.39 is 41.9 Å². The molecule has 0 aliphatic heterocycles. The van der Waals surface area contributed by atoms with E-state index in [2.05, 4.69) is 10.6 Å². The monoisotopic (exact) mass is 409 g/mol. The molecule has 3 atom stereocenters. The highest BCUT2D eigenvalue weighted by Crippen LogP contribution is 2.12. The number of phenolic OH excluding ortho intramolecular Hbond substituents is 1. The predicted molar refractivity (Wildman–Crippen MR) is 103 cm³/mol. The van der Waals surface area contributed by atoms with Crippen molar-refractivity contribution in [3.05, 3.63) is 29.8 Å². The molecule has 0 saturated carbocycles. The topological polar surface area (TPSA) is 179 Å². The second-order valence-corrected chi connectivity index (χ2v) is 7.04. The van der Waals surface area contributed by atoms with Gasteiger partial charge in [-0.15, -0.1) is 0 Å². The summed E-state index contributed by atoms with van der Waals surface area (Å²) in [6.45, 7) is 3.34. The lowest BCUT2D eigenvalue weighted by Crippen LogP contribution is -2.56. The zero-order valence-corrected chi connectivity index (χ0v) is 16.3. The Balaban J connectivity index is 2.80. The summed E-state index contributed by atoms with van der Waals surface area (Å²) < 4.78 is 0. The van der Waals surface area contributed by atoms with Crippen molar-refractivity contribution in [1.29, 1.82) is 0 Å². The Bertz CT molecular complexity index is 734. The molecule has 0 bridgehead atoms. The highest BCUT2D eigenvalue weighted by Gasteiger charge is 2.30. The first-order chi connectivity index (χ1) is 13.5. The van der Waals surface area contributed by atoms with Gasteiger partial charge in [-0.05, 0) is 30.0 Å². The van der Waals surface area contributed by atoms with Crippen molar-refractivity contribution in [3.63, 3.8) is 0 Å². The van der Waals surface area contributed by atoms with E-state index >= 15 is 0 Å². The molecule has 0 saturated heterocycles. The summed E-state index contributed by atoms with van der Waals surface area (Å²) >= 11 is 0. The van der Waals surface area contributed by atoms with E-state index in [1.165, 1.54) is 12.1 Å². The fraction of sp³-hybridized carbons (Fsp3) is 0.474. The van der Waals surface area contributed by atoms with E-state index in [-0.39, 0.29) is 30.9 Å². The van der Waals surface area contributed by atoms with Gasteiger partial charge in [-0.3, -0.25) is 14.4 Å². The van der Waals surface area contributed by atoms with Gasteiger partial charge >= 0.3 is 11.9 Å². The Morgan fingerprint density at radius 1 is 1.00 bits per heavy atom. The standard InChI is InChI=1S/C19H27N3O7/c1-10(2)16(22-17(26)13(20)7-8-15(24)25)18(27)21-14(19(28)29)9-11-3-5-12(23)6-4-11/h3-6,10,13-14,16,23H,7-9,20H2,1-2H3,(H,21,27)(H,22,26)(H,24,25)(H,28,29). The number of phenols is 1. The van der Waals surface area contributed by atoms with Crippen molar-refractivity contribution in [2.24, 2.45) is 11.7 Å². The van der Waals surface area contributed by atoms with E-state index in [0.29, 0.717) is 5.56 Å². The zero-order valence-electron chi connectivity index (χ0n) is 16.3. The number of carbonyl (C=O) groups excluding carboxylic acids is 2. The van der Waals surface area contributed by atoms with E-state index in [9.17, 15) is 29.4 Å². The predicted octanol–water partition coefficient (Wildman–Crippen LogP) is -0.163. The van der Waals surface area contributed by atoms with Crippen LogP contribution in [0.2, 0.25) is 0 Å². The summed E-state index contributed by atoms with van der Waals surface area (Å²) in [5.41, 5.74) is 6.25. The van der Waals surface area contributed by atoms with Crippen LogP contribution in [0.25, 0.3) is 0 Å². The molecule has 1 aromatic rings. The summed E-state index contributed by atoms with van der Waals surface area (Å²) in [7, 11) is 0. The molecule has 2 amide bonds. The van der Waals surface area contributed by atoms with Gasteiger partial charge in [-0.1, -0.05) is 26.0 Å². The Kier molecular flexibility index (Phi) is 9.07. The second-order valence-electron chi connectivity index (χ2n) is 7.04. The van der Waals surface area contributed by atoms with Crippen LogP contribution in [0, 0.1) is 5.92 Å². The van der Waals surface area contributed by atoms with Gasteiger partial charge in [0.15, 0.2) is 0 Å². The van der Waals surface area contributed by atoms with Crippen LogP contribution in [0.3, 0.4) is 0 Å². The highest BCUT2D eigenvalue weighted by atomic mass is 16.4. The molecule has 0 fully saturated rings. The van der Waals surface area contributed by atoms with Gasteiger partial charge in [0.25, 0.3) is 0 Å². The third kappa shape index (κ3) is 8.18. The lowest BCUT2D eigenvalue weighted by molar-refractivity contribution is -0.142. The lowest BCUT2D eigenvalue weighted by Gasteiger charge is -2.25. The molecule has 7 N–H and O–H groups in total. The van der Waals surface area contributed by atoms with Gasteiger partial charge in [0, 0.05) is 12.8 Å². The molecule has 0 radical (unpaired) electrons. The minimum atomic E-state index is -1.25. The smallest absolute Gasteiger partial charge is 0.326 e. The Labute approximate surface area is 168 Å². The molecule has 10 nitrogen and oxygen atoms in total. The average Bonchev–Trinajstić information content (AvgIpc) is 2.64. The molecule has 0 heterocycles. The number of aliphatic carboxylic acids is 2. The molecular formula is C19H27N3O7. The Hall–Kier alpha value is -3.14. The molecule has 160 valence electrons. The normalized spacial score (nSPS) is 13.9. The number of rotatable bonds is 11. The van der Waals surface area contributed by atoms with Crippen molar-refractivity contribution in [3.8, 4) is 5.75 Å². The third-order valence-corrected chi connectivity index (χ3v) is 4.24. The number of benzene rings is 1. The summed E-state index contributed by atoms with van der Waals surface area (Å²) in [5, 5.41) is 32.3. The molecule has 0 aliphatic rings. The fourth-order valence-electron chi connectivity index (χ4n) is 2.53. The van der Waals surface area contributed by atoms with Gasteiger partial charge in [0.2, 0.25) is 11.8 Å². The first-order valence-electron chi connectivity index (χ1n) is 9.10. The summed E-state index contributed by atoms with van der Waals surface area (Å²) in [4.78, 5) is 46.9. The minimum absolute atomic E-state index is 0.0156. The number of carboxylic acid groups (broad SMARTS) is 2. The SMILES string of the molecule is CC(C)C(NC(=O)C(N)CCC(=O)O)C(=O)NC(Cc1ccc(O)cc1)C(=O)O. The maximum atomic E-state index is 12.6. The van der Waals surface area contributed by atoms with Gasteiger partial charge < -0.3 is 31.7 Å². The molecule has 10 heteroatoms. The maximum Gasteiger partial charge on any atom is 0.326 e. The molecular weight excluding hydrogens is 382 g/mol. The maximum absolute atomic E-state index is 12.6. The van der Waals surface area contributed by atoms with Gasteiger partial charge in [0.1, 0.15) is 17.8 Å². The van der Waals surface area contributed by atoms with Crippen LogP contribution < -0.4 is 16.4 Å². The number of carbonyl (C=O) groups is 4. The van der Waals surface area contributed by atoms with Gasteiger partial charge in [-0.25, -0.2) is 4.79 Å². The number of aromatic hydroxyl groups is 1. The quantitative estimate of drug-likeness (QED) is 0.292. The number of hydrogen-bond donors (Lipinski definition) is 6. The van der Waals surface area contributed by atoms with Gasteiger partial charge in [-0.2, -0.15) is 0 Å². The Morgan fingerprint density at radius 3 is 2.07 bits per heavy atom. The highest BCUT2D eigenvalue weighted by molar-refractivity contribution is 5.92. The fourth-order valence-corrected chi connectivity index (χ4v) is 2.53. The van der Waals surface area contributed by atoms with Crippen LogP contribution in [0.15, 0.2) is 24.3 Å². The number of hydrogen-bond acceptors (Lipinski definition) is 6. The second kappa shape index (κ2) is 11.0. The van der Waals surface area contributed by atoms with Crippen molar-refractivity contribution >= 4 is 23.8 Å². The zero-order chi connectivity index (χ0) is 22.1. The summed E-state index contributed by atoms with van der Waals surface area (Å²) in [5.74, 6) is -4.06. The van der Waals surface area contributed by atoms with Crippen molar-refractivity contribution in [1.82, 2.24) is 10.6 Å². The molecule has 0 aliphatic carbocycles. The van der Waals surface area contributed by atoms with E-state index in [4.69, 9.17) is 10.8 Å². The van der Waals surface area contributed by atoms with Crippen molar-refractivity contribution in [2.75, 3.05) is 0 Å². The first kappa shape index (κ1) is 23.9. The van der Waals surface area contributed by atoms with Crippen LogP contribution in [-0.4, -0.2) is 57.2 Å². The van der Waals surface area contributed by atoms with E-state index in [0.717, 1.165) is 0 Å². The first-order valence-corrected chi connectivity index (χ1v) is 9.10. The third-order valence-electron chi connectivity index (χ3n) is 4.24. The van der Waals surface area contributed by atoms with Crippen molar-refractivity contribution < 1.29 is 34.5 Å². The van der Waals surface area contributed by atoms with Crippen LogP contribution in [0.5, 0.6) is 5.75 Å². The minimum Gasteiger partial charge on any atom is -0.508 e. The molecule has 1 rings (SSSR count). The van der Waals surface area contributed by atoms with E-state index in [1.807, 2.05) is 0 Å². The molecule has 3 unspecified atom stereocenters. The lowest BCUT2D eigenvalue weighted by atomic mass is 10.0. The molecule has 29 heavy (non-hydrogen) atoms. The largest absolute Gasteiger partial charge is 0.508 e. The summed E-state index contributed by atoms with van der Waals surface area (Å²) in [6, 6.07) is 2.51. The van der Waals surface area contributed by atoms with Crippen LogP contribution in [0.4, 0.5) is 0 Å². The number of carboxylic acids is 2. The van der Waals surface area contributed by atoms with Crippen LogP contribution in [0.1, 0.15) is 32.3 Å². The average molecular weight is 409 g/mol. The number of nitrogens with two attached hydrogens (primary N) is 1. The number of nitrogens with one attached hydrogen (secondary N) is 2. The number of amides is 2. The van der Waals surface area contributed by atoms with Crippen LogP contribution >= 0.6 is 0 Å². The molecule has 0 spiro atoms. The van der Waals surface area contributed by atoms with E-state index in [1.54, 1.807) is 26.0 Å². The summed E-state index contributed by atoms with van der Waals surface area (Å²) in [6.07, 6.45) is -0.398.